The molecular formula is C21H22F3N3O3. The second-order valence-corrected chi connectivity index (χ2v) is 8.16. The molecule has 30 heavy (non-hydrogen) atoms. The lowest BCUT2D eigenvalue weighted by Crippen LogP contribution is -2.45. The lowest BCUT2D eigenvalue weighted by Gasteiger charge is -2.13. The Bertz CT molecular complexity index is 989. The molecule has 2 fully saturated rings. The van der Waals surface area contributed by atoms with Gasteiger partial charge in [-0.25, -0.2) is 13.2 Å². The average molecular weight is 421 g/mol. The minimum Gasteiger partial charge on any atom is -0.389 e. The summed E-state index contributed by atoms with van der Waals surface area (Å²) in [6.45, 7) is 1.55. The number of β-amino-alcohol motifs (C(OH)–C–C–N with tert-alkyl or cyclic N) is 1. The van der Waals surface area contributed by atoms with Gasteiger partial charge in [-0.1, -0.05) is 0 Å². The van der Waals surface area contributed by atoms with Crippen LogP contribution in [-0.4, -0.2) is 46.5 Å². The number of amides is 2. The summed E-state index contributed by atoms with van der Waals surface area (Å²) in [6, 6.07) is 6.27. The van der Waals surface area contributed by atoms with Crippen molar-refractivity contribution in [2.24, 2.45) is 0 Å². The zero-order valence-corrected chi connectivity index (χ0v) is 16.3. The Morgan fingerprint density at radius 3 is 2.53 bits per heavy atom. The number of alkyl halides is 2. The Balaban J connectivity index is 1.54. The van der Waals surface area contributed by atoms with Crippen molar-refractivity contribution in [1.29, 1.82) is 0 Å². The molecule has 1 saturated heterocycles. The molecule has 0 spiro atoms. The van der Waals surface area contributed by atoms with Crippen molar-refractivity contribution in [1.82, 2.24) is 15.6 Å². The molecule has 9 heteroatoms. The van der Waals surface area contributed by atoms with Crippen molar-refractivity contribution >= 4 is 11.8 Å². The van der Waals surface area contributed by atoms with E-state index in [1.54, 1.807) is 18.2 Å². The highest BCUT2D eigenvalue weighted by atomic mass is 19.3. The zero-order valence-electron chi connectivity index (χ0n) is 16.3. The SMILES string of the molecule is CC1(c2cc(CCC(=O)N[C@@H]3C(=O)NC[C@H]3O)c(-c3ccc(F)cc3)[nH]2)CC1(F)F. The number of aliphatic hydroxyl groups excluding tert-OH is 1. The fourth-order valence-corrected chi connectivity index (χ4v) is 3.82. The molecule has 6 nitrogen and oxygen atoms in total. The molecule has 1 saturated carbocycles. The second-order valence-electron chi connectivity index (χ2n) is 8.16. The summed E-state index contributed by atoms with van der Waals surface area (Å²) in [4.78, 5) is 27.0. The summed E-state index contributed by atoms with van der Waals surface area (Å²) >= 11 is 0. The third-order valence-electron chi connectivity index (χ3n) is 5.98. The highest BCUT2D eigenvalue weighted by Crippen LogP contribution is 2.61. The minimum absolute atomic E-state index is 0.00487. The first kappa shape index (κ1) is 20.5. The van der Waals surface area contributed by atoms with Gasteiger partial charge in [-0.2, -0.15) is 0 Å². The van der Waals surface area contributed by atoms with E-state index in [0.29, 0.717) is 22.5 Å². The third-order valence-corrected chi connectivity index (χ3v) is 5.98. The van der Waals surface area contributed by atoms with Gasteiger partial charge in [-0.05, 0) is 54.8 Å². The van der Waals surface area contributed by atoms with E-state index >= 15 is 0 Å². The number of carbonyl (C=O) groups is 2. The Morgan fingerprint density at radius 1 is 1.30 bits per heavy atom. The van der Waals surface area contributed by atoms with Crippen molar-refractivity contribution in [2.75, 3.05) is 6.54 Å². The van der Waals surface area contributed by atoms with Crippen molar-refractivity contribution in [3.05, 3.63) is 47.4 Å². The molecule has 4 N–H and O–H groups in total. The highest BCUT2D eigenvalue weighted by Gasteiger charge is 2.69. The maximum absolute atomic E-state index is 13.9. The number of hydrogen-bond donors (Lipinski definition) is 4. The molecule has 3 atom stereocenters. The molecule has 0 bridgehead atoms. The first-order chi connectivity index (χ1) is 14.1. The van der Waals surface area contributed by atoms with Crippen molar-refractivity contribution in [2.45, 2.75) is 49.7 Å². The molecular weight excluding hydrogens is 399 g/mol. The molecule has 4 rings (SSSR count). The summed E-state index contributed by atoms with van der Waals surface area (Å²) < 4.78 is 41.1. The maximum atomic E-state index is 13.9. The number of aromatic amines is 1. The number of carbonyl (C=O) groups excluding carboxylic acids is 2. The summed E-state index contributed by atoms with van der Waals surface area (Å²) in [7, 11) is 0. The smallest absolute Gasteiger partial charge is 0.260 e. The summed E-state index contributed by atoms with van der Waals surface area (Å²) in [5, 5.41) is 14.7. The zero-order chi connectivity index (χ0) is 21.7. The first-order valence-corrected chi connectivity index (χ1v) is 9.72. The Labute approximate surface area is 170 Å². The van der Waals surface area contributed by atoms with E-state index in [9.17, 15) is 27.9 Å². The van der Waals surface area contributed by atoms with Crippen LogP contribution in [0.1, 0.15) is 31.0 Å². The van der Waals surface area contributed by atoms with Crippen LogP contribution in [0.4, 0.5) is 13.2 Å². The lowest BCUT2D eigenvalue weighted by molar-refractivity contribution is -0.128. The van der Waals surface area contributed by atoms with Gasteiger partial charge < -0.3 is 20.7 Å². The fraction of sp³-hybridized carbons (Fsp3) is 0.429. The lowest BCUT2D eigenvalue weighted by atomic mass is 10.0. The molecule has 160 valence electrons. The molecule has 2 amide bonds. The van der Waals surface area contributed by atoms with Gasteiger partial charge in [0.05, 0.1) is 5.41 Å². The van der Waals surface area contributed by atoms with Crippen LogP contribution < -0.4 is 10.6 Å². The average Bonchev–Trinajstić information content (AvgIpc) is 3.01. The molecule has 1 unspecified atom stereocenters. The third kappa shape index (κ3) is 3.58. The van der Waals surface area contributed by atoms with Crippen LogP contribution in [0.2, 0.25) is 0 Å². The number of H-pyrrole nitrogens is 1. The van der Waals surface area contributed by atoms with E-state index < -0.39 is 41.1 Å². The van der Waals surface area contributed by atoms with E-state index in [1.165, 1.54) is 19.1 Å². The Morgan fingerprint density at radius 2 is 1.97 bits per heavy atom. The number of halogens is 3. The number of aliphatic hydroxyl groups is 1. The van der Waals surface area contributed by atoms with E-state index in [1.807, 2.05) is 0 Å². The van der Waals surface area contributed by atoms with Crippen LogP contribution in [0.25, 0.3) is 11.3 Å². The molecule has 2 heterocycles. The minimum atomic E-state index is -2.81. The number of aryl methyl sites for hydroxylation is 1. The van der Waals surface area contributed by atoms with Crippen LogP contribution in [0.5, 0.6) is 0 Å². The van der Waals surface area contributed by atoms with Gasteiger partial charge in [-0.3, -0.25) is 9.59 Å². The predicted molar refractivity (Wildman–Crippen MR) is 102 cm³/mol. The normalized spacial score (nSPS) is 27.0. The van der Waals surface area contributed by atoms with E-state index in [0.717, 1.165) is 0 Å². The largest absolute Gasteiger partial charge is 0.389 e. The van der Waals surface area contributed by atoms with Crippen LogP contribution in [-0.2, 0) is 21.4 Å². The topological polar surface area (TPSA) is 94.2 Å². The van der Waals surface area contributed by atoms with E-state index in [4.69, 9.17) is 0 Å². The van der Waals surface area contributed by atoms with Crippen LogP contribution in [0, 0.1) is 5.82 Å². The number of nitrogens with one attached hydrogen (secondary N) is 3. The summed E-state index contributed by atoms with van der Waals surface area (Å²) in [6.07, 6.45) is -1.04. The molecule has 2 aromatic rings. The Kier molecular flexibility index (Phi) is 4.88. The van der Waals surface area contributed by atoms with Gasteiger partial charge in [0, 0.05) is 30.8 Å². The standard InChI is InChI=1S/C21H22F3N3O3/c1-20(10-21(20,23)24)15-8-12(17(26-15)11-2-5-13(22)6-3-11)4-7-16(29)27-18-14(28)9-25-19(18)30/h2-3,5-6,8,14,18,26,28H,4,7,9-10H2,1H3,(H,25,30)(H,27,29)/t14-,18+,20?/m1/s1. The van der Waals surface area contributed by atoms with Crippen molar-refractivity contribution in [3.63, 3.8) is 0 Å². The van der Waals surface area contributed by atoms with E-state index in [-0.39, 0.29) is 25.8 Å². The first-order valence-electron chi connectivity index (χ1n) is 9.72. The Hall–Kier alpha value is -2.81. The molecule has 1 aromatic carbocycles. The molecule has 1 aliphatic heterocycles. The molecule has 2 aliphatic rings. The quantitative estimate of drug-likeness (QED) is 0.575. The van der Waals surface area contributed by atoms with Crippen molar-refractivity contribution < 1.29 is 27.9 Å². The van der Waals surface area contributed by atoms with E-state index in [2.05, 4.69) is 15.6 Å². The fourth-order valence-electron chi connectivity index (χ4n) is 3.82. The number of aromatic nitrogens is 1. The van der Waals surface area contributed by atoms with Gasteiger partial charge in [0.2, 0.25) is 11.8 Å². The molecule has 0 radical (unpaired) electrons. The number of rotatable bonds is 6. The maximum Gasteiger partial charge on any atom is 0.260 e. The molecule has 1 aromatic heterocycles. The van der Waals surface area contributed by atoms with Gasteiger partial charge in [0.1, 0.15) is 18.0 Å². The summed E-state index contributed by atoms with van der Waals surface area (Å²) in [5.74, 6) is -4.11. The predicted octanol–water partition coefficient (Wildman–Crippen LogP) is 2.03. The van der Waals surface area contributed by atoms with Gasteiger partial charge in [0.15, 0.2) is 0 Å². The molecule has 1 aliphatic carbocycles. The van der Waals surface area contributed by atoms with Crippen molar-refractivity contribution in [3.8, 4) is 11.3 Å². The number of benzene rings is 1. The second kappa shape index (κ2) is 7.16. The van der Waals surface area contributed by atoms with Crippen LogP contribution >= 0.6 is 0 Å². The van der Waals surface area contributed by atoms with Gasteiger partial charge >= 0.3 is 0 Å². The van der Waals surface area contributed by atoms with Gasteiger partial charge in [-0.15, -0.1) is 0 Å². The summed E-state index contributed by atoms with van der Waals surface area (Å²) in [5.41, 5.74) is 0.894. The van der Waals surface area contributed by atoms with Gasteiger partial charge in [0.25, 0.3) is 5.92 Å². The van der Waals surface area contributed by atoms with Crippen LogP contribution in [0.3, 0.4) is 0 Å². The highest BCUT2D eigenvalue weighted by molar-refractivity contribution is 5.90. The number of hydrogen-bond acceptors (Lipinski definition) is 3. The monoisotopic (exact) mass is 421 g/mol. The van der Waals surface area contributed by atoms with Crippen LogP contribution in [0.15, 0.2) is 30.3 Å².